The van der Waals surface area contributed by atoms with Crippen molar-refractivity contribution in [2.75, 3.05) is 39.4 Å². The van der Waals surface area contributed by atoms with Crippen molar-refractivity contribution in [3.05, 3.63) is 0 Å². The Labute approximate surface area is 143 Å². The van der Waals surface area contributed by atoms with E-state index in [1.807, 2.05) is 32.6 Å². The van der Waals surface area contributed by atoms with Crippen molar-refractivity contribution in [3.8, 4) is 0 Å². The summed E-state index contributed by atoms with van der Waals surface area (Å²) >= 11 is 0. The molecule has 7 nitrogen and oxygen atoms in total. The first-order chi connectivity index (χ1) is 11.2. The van der Waals surface area contributed by atoms with E-state index < -0.39 is 5.60 Å². The molecule has 1 spiro atoms. The van der Waals surface area contributed by atoms with Crippen molar-refractivity contribution in [1.82, 2.24) is 15.1 Å². The Morgan fingerprint density at radius 3 is 2.67 bits per heavy atom. The lowest BCUT2D eigenvalue weighted by Crippen LogP contribution is -2.60. The molecule has 3 aliphatic rings. The fraction of sp³-hybridized carbons (Fsp3) is 0.882. The van der Waals surface area contributed by atoms with Gasteiger partial charge >= 0.3 is 6.09 Å². The van der Waals surface area contributed by atoms with Crippen LogP contribution in [0.4, 0.5) is 4.79 Å². The van der Waals surface area contributed by atoms with Crippen molar-refractivity contribution < 1.29 is 19.1 Å². The van der Waals surface area contributed by atoms with Crippen LogP contribution in [0.3, 0.4) is 0 Å². The summed E-state index contributed by atoms with van der Waals surface area (Å²) in [6.45, 7) is 11.7. The number of rotatable bonds is 2. The quantitative estimate of drug-likeness (QED) is 0.807. The number of carbonyl (C=O) groups excluding carboxylic acids is 2. The molecule has 1 N–H and O–H groups in total. The van der Waals surface area contributed by atoms with E-state index >= 15 is 0 Å². The lowest BCUT2D eigenvalue weighted by atomic mass is 9.85. The van der Waals surface area contributed by atoms with Crippen LogP contribution >= 0.6 is 0 Å². The van der Waals surface area contributed by atoms with Crippen LogP contribution in [-0.2, 0) is 14.3 Å². The number of carbonyl (C=O) groups is 2. The molecule has 0 bridgehead atoms. The monoisotopic (exact) mass is 339 g/mol. The Morgan fingerprint density at radius 2 is 2.12 bits per heavy atom. The van der Waals surface area contributed by atoms with Gasteiger partial charge in [0.15, 0.2) is 0 Å². The van der Waals surface area contributed by atoms with Gasteiger partial charge in [-0.05, 0) is 27.7 Å². The van der Waals surface area contributed by atoms with Gasteiger partial charge in [-0.1, -0.05) is 0 Å². The van der Waals surface area contributed by atoms with Gasteiger partial charge < -0.3 is 24.6 Å². The van der Waals surface area contributed by atoms with Gasteiger partial charge in [0.2, 0.25) is 5.91 Å². The topological polar surface area (TPSA) is 71.1 Å². The highest BCUT2D eigenvalue weighted by Gasteiger charge is 2.49. The summed E-state index contributed by atoms with van der Waals surface area (Å²) < 4.78 is 10.8. The number of likely N-dealkylation sites (tertiary alicyclic amines) is 1. The predicted molar refractivity (Wildman–Crippen MR) is 88.6 cm³/mol. The van der Waals surface area contributed by atoms with Gasteiger partial charge in [0.05, 0.1) is 13.2 Å². The average molecular weight is 339 g/mol. The molecule has 0 saturated carbocycles. The largest absolute Gasteiger partial charge is 0.444 e. The fourth-order valence-corrected chi connectivity index (χ4v) is 3.62. The SMILES string of the molecule is C[C@@H]1CN[C@@H](CN2CC3(COC3)CC2=O)CN1C(=O)OC(C)(C)C. The van der Waals surface area contributed by atoms with Crippen LogP contribution in [-0.4, -0.2) is 78.9 Å². The van der Waals surface area contributed by atoms with Crippen molar-refractivity contribution in [2.24, 2.45) is 5.41 Å². The van der Waals surface area contributed by atoms with E-state index in [2.05, 4.69) is 5.32 Å². The van der Waals surface area contributed by atoms with Crippen molar-refractivity contribution >= 4 is 12.0 Å². The molecule has 3 fully saturated rings. The van der Waals surface area contributed by atoms with E-state index in [4.69, 9.17) is 9.47 Å². The van der Waals surface area contributed by atoms with Crippen LogP contribution in [0.1, 0.15) is 34.1 Å². The van der Waals surface area contributed by atoms with Gasteiger partial charge in [0.1, 0.15) is 5.60 Å². The summed E-state index contributed by atoms with van der Waals surface area (Å²) in [7, 11) is 0. The molecule has 2 atom stereocenters. The number of nitrogens with zero attached hydrogens (tertiary/aromatic N) is 2. The fourth-order valence-electron chi connectivity index (χ4n) is 3.62. The molecule has 0 aromatic carbocycles. The highest BCUT2D eigenvalue weighted by Crippen LogP contribution is 2.38. The highest BCUT2D eigenvalue weighted by atomic mass is 16.6. The van der Waals surface area contributed by atoms with E-state index in [-0.39, 0.29) is 29.5 Å². The van der Waals surface area contributed by atoms with Gasteiger partial charge in [0.25, 0.3) is 0 Å². The molecule has 3 heterocycles. The van der Waals surface area contributed by atoms with Gasteiger partial charge in [-0.3, -0.25) is 4.79 Å². The summed E-state index contributed by atoms with van der Waals surface area (Å²) in [5.41, 5.74) is -0.456. The van der Waals surface area contributed by atoms with Crippen LogP contribution in [0, 0.1) is 5.41 Å². The number of amides is 2. The lowest BCUT2D eigenvalue weighted by Gasteiger charge is -2.41. The second-order valence-corrected chi connectivity index (χ2v) is 8.53. The Balaban J connectivity index is 1.57. The first-order valence-corrected chi connectivity index (χ1v) is 8.76. The molecule has 2 amide bonds. The maximum Gasteiger partial charge on any atom is 0.410 e. The van der Waals surface area contributed by atoms with E-state index in [1.54, 1.807) is 4.90 Å². The molecule has 3 rings (SSSR count). The number of hydrogen-bond donors (Lipinski definition) is 1. The van der Waals surface area contributed by atoms with E-state index in [0.29, 0.717) is 39.3 Å². The summed E-state index contributed by atoms with van der Waals surface area (Å²) in [6.07, 6.45) is 0.310. The van der Waals surface area contributed by atoms with Crippen LogP contribution in [0.25, 0.3) is 0 Å². The zero-order valence-corrected chi connectivity index (χ0v) is 15.1. The van der Waals surface area contributed by atoms with Crippen LogP contribution < -0.4 is 5.32 Å². The lowest BCUT2D eigenvalue weighted by molar-refractivity contribution is -0.130. The normalized spacial score (nSPS) is 29.8. The molecule has 0 radical (unpaired) electrons. The standard InChI is InChI=1S/C17H29N3O4/c1-12-6-18-13(8-20(12)15(22)24-16(2,3)4)7-19-9-17(5-14(19)21)10-23-11-17/h12-13,18H,5-11H2,1-4H3/t12-,13+/m1/s1. The van der Waals surface area contributed by atoms with Crippen molar-refractivity contribution in [3.63, 3.8) is 0 Å². The third-order valence-corrected chi connectivity index (χ3v) is 4.94. The second-order valence-electron chi connectivity index (χ2n) is 8.53. The van der Waals surface area contributed by atoms with Crippen LogP contribution in [0.5, 0.6) is 0 Å². The second kappa shape index (κ2) is 6.19. The third-order valence-electron chi connectivity index (χ3n) is 4.94. The third kappa shape index (κ3) is 3.67. The summed E-state index contributed by atoms with van der Waals surface area (Å²) in [5.74, 6) is 0.197. The van der Waals surface area contributed by atoms with E-state index in [0.717, 1.165) is 6.54 Å². The molecule has 7 heteroatoms. The molecule has 3 aliphatic heterocycles. The summed E-state index contributed by atoms with van der Waals surface area (Å²) in [5, 5.41) is 3.45. The van der Waals surface area contributed by atoms with Crippen molar-refractivity contribution in [2.45, 2.75) is 51.8 Å². The van der Waals surface area contributed by atoms with Crippen LogP contribution in [0.2, 0.25) is 0 Å². The molecule has 0 aromatic rings. The molecule has 3 saturated heterocycles. The van der Waals surface area contributed by atoms with E-state index in [9.17, 15) is 9.59 Å². The Morgan fingerprint density at radius 1 is 1.42 bits per heavy atom. The molecule has 136 valence electrons. The molecule has 0 aromatic heterocycles. The number of ether oxygens (including phenoxy) is 2. The van der Waals surface area contributed by atoms with Gasteiger partial charge in [-0.25, -0.2) is 4.79 Å². The van der Waals surface area contributed by atoms with E-state index in [1.165, 1.54) is 0 Å². The highest BCUT2D eigenvalue weighted by molar-refractivity contribution is 5.79. The zero-order chi connectivity index (χ0) is 17.5. The average Bonchev–Trinajstić information content (AvgIpc) is 2.76. The molecule has 0 aliphatic carbocycles. The minimum Gasteiger partial charge on any atom is -0.444 e. The Bertz CT molecular complexity index is 512. The molecular formula is C17H29N3O4. The maximum absolute atomic E-state index is 12.4. The van der Waals surface area contributed by atoms with Gasteiger partial charge in [-0.15, -0.1) is 0 Å². The van der Waals surface area contributed by atoms with Crippen molar-refractivity contribution in [1.29, 1.82) is 0 Å². The Hall–Kier alpha value is -1.34. The molecule has 24 heavy (non-hydrogen) atoms. The van der Waals surface area contributed by atoms with Gasteiger partial charge in [0, 0.05) is 50.1 Å². The summed E-state index contributed by atoms with van der Waals surface area (Å²) in [6, 6.07) is 0.158. The minimum absolute atomic E-state index is 0.0455. The minimum atomic E-state index is -0.501. The molecule has 0 unspecified atom stereocenters. The predicted octanol–water partition coefficient (Wildman–Crippen LogP) is 0.833. The Kier molecular flexibility index (Phi) is 4.51. The number of hydrogen-bond acceptors (Lipinski definition) is 5. The summed E-state index contributed by atoms with van der Waals surface area (Å²) in [4.78, 5) is 28.4. The number of nitrogens with one attached hydrogen (secondary N) is 1. The van der Waals surface area contributed by atoms with Gasteiger partial charge in [-0.2, -0.15) is 0 Å². The first kappa shape index (κ1) is 17.5. The first-order valence-electron chi connectivity index (χ1n) is 8.76. The molecular weight excluding hydrogens is 310 g/mol. The smallest absolute Gasteiger partial charge is 0.410 e. The van der Waals surface area contributed by atoms with Crippen LogP contribution in [0.15, 0.2) is 0 Å². The maximum atomic E-state index is 12.4. The zero-order valence-electron chi connectivity index (χ0n) is 15.1. The number of piperazine rings is 1.